The monoisotopic (exact) mass is 202 g/mol. The average molecular weight is 203 g/mol. The number of rotatable bonds is 0. The standard InChI is InChI=1S/C6H7BrN2O/c7-5-3-8-6-4-10-2-1-9(5)6/h3H,1-2,4H2. The molecule has 0 amide bonds. The largest absolute Gasteiger partial charge is 0.372 e. The number of halogens is 1. The van der Waals surface area contributed by atoms with E-state index in [9.17, 15) is 0 Å². The lowest BCUT2D eigenvalue weighted by molar-refractivity contribution is 0.0809. The minimum absolute atomic E-state index is 0.644. The zero-order valence-corrected chi connectivity index (χ0v) is 6.97. The Morgan fingerprint density at radius 3 is 3.40 bits per heavy atom. The second-order valence-electron chi connectivity index (χ2n) is 2.20. The van der Waals surface area contributed by atoms with Gasteiger partial charge in [-0.1, -0.05) is 0 Å². The predicted octanol–water partition coefficient (Wildman–Crippen LogP) is 1.18. The summed E-state index contributed by atoms with van der Waals surface area (Å²) in [5.41, 5.74) is 0. The van der Waals surface area contributed by atoms with Crippen LogP contribution in [0.1, 0.15) is 5.82 Å². The maximum absolute atomic E-state index is 5.21. The Morgan fingerprint density at radius 1 is 1.70 bits per heavy atom. The summed E-state index contributed by atoms with van der Waals surface area (Å²) in [5, 5.41) is 0. The van der Waals surface area contributed by atoms with E-state index < -0.39 is 0 Å². The maximum Gasteiger partial charge on any atom is 0.135 e. The number of imidazole rings is 1. The fraction of sp³-hybridized carbons (Fsp3) is 0.500. The molecule has 0 bridgehead atoms. The Bertz CT molecular complexity index is 246. The van der Waals surface area contributed by atoms with E-state index in [-0.39, 0.29) is 0 Å². The molecule has 54 valence electrons. The molecule has 0 fully saturated rings. The summed E-state index contributed by atoms with van der Waals surface area (Å²) in [4.78, 5) is 4.15. The summed E-state index contributed by atoms with van der Waals surface area (Å²) >= 11 is 3.40. The quantitative estimate of drug-likeness (QED) is 0.632. The molecule has 3 nitrogen and oxygen atoms in total. The van der Waals surface area contributed by atoms with Crippen LogP contribution in [0.4, 0.5) is 0 Å². The predicted molar refractivity (Wildman–Crippen MR) is 39.6 cm³/mol. The first-order chi connectivity index (χ1) is 4.88. The smallest absolute Gasteiger partial charge is 0.135 e. The molecule has 0 saturated heterocycles. The minimum Gasteiger partial charge on any atom is -0.372 e. The zero-order chi connectivity index (χ0) is 6.97. The van der Waals surface area contributed by atoms with Crippen LogP contribution in [0.3, 0.4) is 0 Å². The lowest BCUT2D eigenvalue weighted by Crippen LogP contribution is -2.16. The summed E-state index contributed by atoms with van der Waals surface area (Å²) in [6.07, 6.45) is 1.81. The van der Waals surface area contributed by atoms with E-state index in [4.69, 9.17) is 4.74 Å². The normalized spacial score (nSPS) is 16.9. The van der Waals surface area contributed by atoms with Crippen molar-refractivity contribution in [3.05, 3.63) is 16.6 Å². The Labute approximate surface area is 67.1 Å². The molecular formula is C6H7BrN2O. The summed E-state index contributed by atoms with van der Waals surface area (Å²) in [7, 11) is 0. The van der Waals surface area contributed by atoms with Crippen molar-refractivity contribution >= 4 is 15.9 Å². The lowest BCUT2D eigenvalue weighted by atomic mass is 10.5. The van der Waals surface area contributed by atoms with Crippen LogP contribution in [0.2, 0.25) is 0 Å². The third-order valence-electron chi connectivity index (χ3n) is 1.58. The maximum atomic E-state index is 5.21. The van der Waals surface area contributed by atoms with Gasteiger partial charge >= 0.3 is 0 Å². The fourth-order valence-electron chi connectivity index (χ4n) is 1.06. The molecule has 0 spiro atoms. The highest BCUT2D eigenvalue weighted by molar-refractivity contribution is 9.10. The zero-order valence-electron chi connectivity index (χ0n) is 5.38. The van der Waals surface area contributed by atoms with Crippen molar-refractivity contribution in [3.8, 4) is 0 Å². The highest BCUT2D eigenvalue weighted by Crippen LogP contribution is 2.15. The van der Waals surface area contributed by atoms with Gasteiger partial charge in [-0.3, -0.25) is 0 Å². The summed E-state index contributed by atoms with van der Waals surface area (Å²) < 4.78 is 8.37. The second-order valence-corrected chi connectivity index (χ2v) is 3.01. The summed E-state index contributed by atoms with van der Waals surface area (Å²) in [5.74, 6) is 1.01. The Morgan fingerprint density at radius 2 is 2.60 bits per heavy atom. The first-order valence-electron chi connectivity index (χ1n) is 3.15. The van der Waals surface area contributed by atoms with Crippen molar-refractivity contribution in [3.63, 3.8) is 0 Å². The Kier molecular flexibility index (Phi) is 1.50. The molecule has 4 heteroatoms. The lowest BCUT2D eigenvalue weighted by Gasteiger charge is -2.14. The van der Waals surface area contributed by atoms with Gasteiger partial charge in [-0.15, -0.1) is 0 Å². The second kappa shape index (κ2) is 2.36. The topological polar surface area (TPSA) is 27.1 Å². The van der Waals surface area contributed by atoms with Crippen molar-refractivity contribution in [1.29, 1.82) is 0 Å². The van der Waals surface area contributed by atoms with Crippen molar-refractivity contribution in [1.82, 2.24) is 9.55 Å². The van der Waals surface area contributed by atoms with Gasteiger partial charge in [0, 0.05) is 6.54 Å². The van der Waals surface area contributed by atoms with Crippen LogP contribution in [0, 0.1) is 0 Å². The van der Waals surface area contributed by atoms with E-state index in [1.54, 1.807) is 0 Å². The SMILES string of the molecule is Brc1cnc2n1CCOC2. The van der Waals surface area contributed by atoms with Crippen LogP contribution >= 0.6 is 15.9 Å². The molecule has 1 aliphatic heterocycles. The van der Waals surface area contributed by atoms with Gasteiger partial charge in [0.25, 0.3) is 0 Å². The van der Waals surface area contributed by atoms with Crippen molar-refractivity contribution < 1.29 is 4.74 Å². The van der Waals surface area contributed by atoms with Crippen molar-refractivity contribution in [2.24, 2.45) is 0 Å². The summed E-state index contributed by atoms with van der Waals surface area (Å²) in [6, 6.07) is 0. The molecule has 0 saturated carbocycles. The van der Waals surface area contributed by atoms with Gasteiger partial charge in [0.1, 0.15) is 17.0 Å². The number of nitrogens with zero attached hydrogens (tertiary/aromatic N) is 2. The van der Waals surface area contributed by atoms with Gasteiger partial charge in [0.05, 0.1) is 12.8 Å². The van der Waals surface area contributed by atoms with Crippen LogP contribution in [0.15, 0.2) is 10.8 Å². The van der Waals surface area contributed by atoms with Crippen LogP contribution in [-0.2, 0) is 17.9 Å². The van der Waals surface area contributed by atoms with Crippen molar-refractivity contribution in [2.75, 3.05) is 6.61 Å². The molecule has 0 unspecified atom stereocenters. The van der Waals surface area contributed by atoms with E-state index >= 15 is 0 Å². The molecule has 2 rings (SSSR count). The van der Waals surface area contributed by atoms with Gasteiger partial charge in [-0.05, 0) is 15.9 Å². The molecular weight excluding hydrogens is 196 g/mol. The first kappa shape index (κ1) is 6.37. The third-order valence-corrected chi connectivity index (χ3v) is 2.21. The van der Waals surface area contributed by atoms with Gasteiger partial charge in [-0.25, -0.2) is 4.98 Å². The molecule has 0 aromatic carbocycles. The highest BCUT2D eigenvalue weighted by atomic mass is 79.9. The number of fused-ring (bicyclic) bond motifs is 1. The molecule has 1 aromatic rings. The first-order valence-corrected chi connectivity index (χ1v) is 3.95. The van der Waals surface area contributed by atoms with E-state index in [2.05, 4.69) is 25.5 Å². The highest BCUT2D eigenvalue weighted by Gasteiger charge is 2.11. The van der Waals surface area contributed by atoms with Crippen LogP contribution in [0.25, 0.3) is 0 Å². The molecule has 1 aromatic heterocycles. The average Bonchev–Trinajstić information content (AvgIpc) is 2.34. The molecule has 10 heavy (non-hydrogen) atoms. The minimum atomic E-state index is 0.644. The number of aromatic nitrogens is 2. The molecule has 0 N–H and O–H groups in total. The van der Waals surface area contributed by atoms with E-state index in [1.807, 2.05) is 6.20 Å². The number of hydrogen-bond donors (Lipinski definition) is 0. The van der Waals surface area contributed by atoms with Crippen LogP contribution < -0.4 is 0 Å². The van der Waals surface area contributed by atoms with Gasteiger partial charge in [0.15, 0.2) is 0 Å². The van der Waals surface area contributed by atoms with E-state index in [0.29, 0.717) is 6.61 Å². The molecule has 0 atom stereocenters. The van der Waals surface area contributed by atoms with Gasteiger partial charge in [-0.2, -0.15) is 0 Å². The molecule has 2 heterocycles. The van der Waals surface area contributed by atoms with Gasteiger partial charge < -0.3 is 9.30 Å². The molecule has 0 radical (unpaired) electrons. The van der Waals surface area contributed by atoms with Gasteiger partial charge in [0.2, 0.25) is 0 Å². The molecule has 1 aliphatic rings. The number of ether oxygens (including phenoxy) is 1. The van der Waals surface area contributed by atoms with E-state index in [1.165, 1.54) is 0 Å². The molecule has 0 aliphatic carbocycles. The van der Waals surface area contributed by atoms with Crippen LogP contribution in [-0.4, -0.2) is 16.2 Å². The van der Waals surface area contributed by atoms with Crippen molar-refractivity contribution in [2.45, 2.75) is 13.2 Å². The fourth-order valence-corrected chi connectivity index (χ4v) is 1.55. The Balaban J connectivity index is 2.45. The Hall–Kier alpha value is -0.350. The summed E-state index contributed by atoms with van der Waals surface area (Å²) in [6.45, 7) is 2.35. The van der Waals surface area contributed by atoms with Crippen LogP contribution in [0.5, 0.6) is 0 Å². The van der Waals surface area contributed by atoms with E-state index in [0.717, 1.165) is 23.6 Å². The third kappa shape index (κ3) is 0.876. The number of hydrogen-bond acceptors (Lipinski definition) is 2.